The fourth-order valence-electron chi connectivity index (χ4n) is 4.41. The van der Waals surface area contributed by atoms with E-state index in [4.69, 9.17) is 15.5 Å². The Morgan fingerprint density at radius 3 is 2.84 bits per heavy atom. The average molecular weight is 433 g/mol. The van der Waals surface area contributed by atoms with Gasteiger partial charge in [-0.15, -0.1) is 0 Å². The van der Waals surface area contributed by atoms with Crippen molar-refractivity contribution in [1.29, 1.82) is 0 Å². The fourth-order valence-corrected chi connectivity index (χ4v) is 4.41. The van der Waals surface area contributed by atoms with E-state index < -0.39 is 0 Å². The Labute approximate surface area is 186 Å². The van der Waals surface area contributed by atoms with Crippen molar-refractivity contribution in [3.05, 3.63) is 65.9 Å². The maximum atomic E-state index is 13.2. The molecule has 1 aliphatic rings. The number of carbonyl (C=O) groups is 1. The minimum absolute atomic E-state index is 0.313. The first-order valence-electron chi connectivity index (χ1n) is 11.1. The standard InChI is InChI=1S/C24H28N6O2/c1-28-10-6-17(7-11-28)16-32-24(31)21-13-18-4-5-20(14-25)27-23(18)30(21)15-19-3-2-9-29-12-8-26-22(19)29/h2-5,8-9,12-13,17H,6-7,10-11,14-16,25H2,1H3. The lowest BCUT2D eigenvalue weighted by Gasteiger charge is -2.28. The molecule has 0 amide bonds. The Kier molecular flexibility index (Phi) is 5.63. The van der Waals surface area contributed by atoms with Crippen LogP contribution in [0.4, 0.5) is 0 Å². The smallest absolute Gasteiger partial charge is 0.355 e. The molecule has 0 radical (unpaired) electrons. The van der Waals surface area contributed by atoms with Crippen LogP contribution in [0.5, 0.6) is 0 Å². The highest BCUT2D eigenvalue weighted by atomic mass is 16.5. The summed E-state index contributed by atoms with van der Waals surface area (Å²) in [5.74, 6) is 0.0973. The molecular weight excluding hydrogens is 404 g/mol. The number of hydrogen-bond donors (Lipinski definition) is 1. The summed E-state index contributed by atoms with van der Waals surface area (Å²) in [6, 6.07) is 9.73. The molecule has 166 valence electrons. The van der Waals surface area contributed by atoms with Crippen LogP contribution in [0, 0.1) is 5.92 Å². The maximum Gasteiger partial charge on any atom is 0.355 e. The van der Waals surface area contributed by atoms with Gasteiger partial charge in [-0.25, -0.2) is 14.8 Å². The Morgan fingerprint density at radius 2 is 2.03 bits per heavy atom. The molecule has 0 aliphatic carbocycles. The van der Waals surface area contributed by atoms with Crippen molar-refractivity contribution in [2.75, 3.05) is 26.7 Å². The van der Waals surface area contributed by atoms with E-state index in [0.29, 0.717) is 31.3 Å². The zero-order valence-electron chi connectivity index (χ0n) is 18.3. The van der Waals surface area contributed by atoms with Crippen molar-refractivity contribution in [3.63, 3.8) is 0 Å². The molecule has 0 unspecified atom stereocenters. The van der Waals surface area contributed by atoms with E-state index in [9.17, 15) is 4.79 Å². The van der Waals surface area contributed by atoms with E-state index in [1.807, 2.05) is 51.7 Å². The molecule has 2 N–H and O–H groups in total. The highest BCUT2D eigenvalue weighted by Gasteiger charge is 2.22. The molecule has 5 heterocycles. The Hall–Kier alpha value is -3.23. The zero-order valence-corrected chi connectivity index (χ0v) is 18.3. The third kappa shape index (κ3) is 3.99. The number of nitrogens with two attached hydrogens (primary N) is 1. The molecule has 4 aromatic heterocycles. The lowest BCUT2D eigenvalue weighted by molar-refractivity contribution is 0.0373. The van der Waals surface area contributed by atoms with Gasteiger partial charge in [-0.1, -0.05) is 6.07 Å². The van der Waals surface area contributed by atoms with Crippen LogP contribution >= 0.6 is 0 Å². The van der Waals surface area contributed by atoms with Gasteiger partial charge in [-0.05, 0) is 63.2 Å². The molecule has 8 nitrogen and oxygen atoms in total. The van der Waals surface area contributed by atoms with Gasteiger partial charge < -0.3 is 24.3 Å². The van der Waals surface area contributed by atoms with Gasteiger partial charge in [0.05, 0.1) is 18.8 Å². The molecule has 1 aliphatic heterocycles. The van der Waals surface area contributed by atoms with Crippen molar-refractivity contribution in [2.45, 2.75) is 25.9 Å². The molecule has 0 atom stereocenters. The second-order valence-electron chi connectivity index (χ2n) is 8.57. The quantitative estimate of drug-likeness (QED) is 0.471. The SMILES string of the molecule is CN1CCC(COC(=O)c2cc3ccc(CN)nc3n2Cc2cccn3ccnc23)CC1. The van der Waals surface area contributed by atoms with Gasteiger partial charge in [0.2, 0.25) is 0 Å². The summed E-state index contributed by atoms with van der Waals surface area (Å²) in [6.07, 6.45) is 7.75. The number of rotatable bonds is 6. The number of fused-ring (bicyclic) bond motifs is 2. The van der Waals surface area contributed by atoms with E-state index in [-0.39, 0.29) is 5.97 Å². The number of carbonyl (C=O) groups excluding carboxylic acids is 1. The van der Waals surface area contributed by atoms with E-state index in [2.05, 4.69) is 16.9 Å². The van der Waals surface area contributed by atoms with Gasteiger partial charge in [0.15, 0.2) is 0 Å². The van der Waals surface area contributed by atoms with Gasteiger partial charge in [0.1, 0.15) is 17.0 Å². The van der Waals surface area contributed by atoms with Crippen LogP contribution in [-0.4, -0.2) is 56.5 Å². The second kappa shape index (κ2) is 8.72. The summed E-state index contributed by atoms with van der Waals surface area (Å²) in [5, 5.41) is 0.892. The predicted octanol–water partition coefficient (Wildman–Crippen LogP) is 2.69. The van der Waals surface area contributed by atoms with Crippen LogP contribution in [0.1, 0.15) is 34.6 Å². The van der Waals surface area contributed by atoms with Crippen LogP contribution in [0.2, 0.25) is 0 Å². The first-order valence-corrected chi connectivity index (χ1v) is 11.1. The Morgan fingerprint density at radius 1 is 1.19 bits per heavy atom. The van der Waals surface area contributed by atoms with Crippen LogP contribution in [-0.2, 0) is 17.8 Å². The summed E-state index contributed by atoms with van der Waals surface area (Å²) >= 11 is 0. The molecule has 0 spiro atoms. The van der Waals surface area contributed by atoms with Crippen molar-refractivity contribution in [3.8, 4) is 0 Å². The molecule has 0 saturated carbocycles. The topological polar surface area (TPSA) is 90.7 Å². The number of aromatic nitrogens is 4. The minimum atomic E-state index is -0.313. The highest BCUT2D eigenvalue weighted by molar-refractivity contribution is 5.94. The number of esters is 1. The van der Waals surface area contributed by atoms with Crippen LogP contribution in [0.25, 0.3) is 16.7 Å². The normalized spacial score (nSPS) is 15.6. The van der Waals surface area contributed by atoms with E-state index in [1.54, 1.807) is 6.20 Å². The molecule has 32 heavy (non-hydrogen) atoms. The van der Waals surface area contributed by atoms with Crippen LogP contribution in [0.15, 0.2) is 48.9 Å². The summed E-state index contributed by atoms with van der Waals surface area (Å²) in [7, 11) is 2.13. The van der Waals surface area contributed by atoms with Gasteiger partial charge in [-0.3, -0.25) is 0 Å². The summed E-state index contributed by atoms with van der Waals surface area (Å²) < 4.78 is 9.68. The molecule has 5 rings (SSSR count). The number of nitrogens with zero attached hydrogens (tertiary/aromatic N) is 5. The summed E-state index contributed by atoms with van der Waals surface area (Å²) in [4.78, 5) is 24.7. The monoisotopic (exact) mass is 432 g/mol. The largest absolute Gasteiger partial charge is 0.461 e. The number of pyridine rings is 2. The number of imidazole rings is 1. The lowest BCUT2D eigenvalue weighted by atomic mass is 9.98. The molecule has 0 aromatic carbocycles. The van der Waals surface area contributed by atoms with Crippen molar-refractivity contribution in [1.82, 2.24) is 23.8 Å². The van der Waals surface area contributed by atoms with E-state index in [1.165, 1.54) is 0 Å². The van der Waals surface area contributed by atoms with Gasteiger partial charge in [0.25, 0.3) is 0 Å². The van der Waals surface area contributed by atoms with Crippen molar-refractivity contribution in [2.24, 2.45) is 11.7 Å². The van der Waals surface area contributed by atoms with Gasteiger partial charge >= 0.3 is 5.97 Å². The van der Waals surface area contributed by atoms with Gasteiger partial charge in [0, 0.05) is 36.1 Å². The Bertz CT molecular complexity index is 1250. The summed E-state index contributed by atoms with van der Waals surface area (Å²) in [6.45, 7) is 3.34. The molecule has 4 aromatic rings. The maximum absolute atomic E-state index is 13.2. The predicted molar refractivity (Wildman–Crippen MR) is 122 cm³/mol. The van der Waals surface area contributed by atoms with Crippen molar-refractivity contribution >= 4 is 22.6 Å². The highest BCUT2D eigenvalue weighted by Crippen LogP contribution is 2.23. The second-order valence-corrected chi connectivity index (χ2v) is 8.57. The lowest BCUT2D eigenvalue weighted by Crippen LogP contribution is -2.32. The van der Waals surface area contributed by atoms with Crippen molar-refractivity contribution < 1.29 is 9.53 Å². The van der Waals surface area contributed by atoms with E-state index >= 15 is 0 Å². The molecule has 0 bridgehead atoms. The van der Waals surface area contributed by atoms with Gasteiger partial charge in [-0.2, -0.15) is 0 Å². The number of hydrogen-bond acceptors (Lipinski definition) is 6. The third-order valence-corrected chi connectivity index (χ3v) is 6.34. The van der Waals surface area contributed by atoms with Crippen LogP contribution in [0.3, 0.4) is 0 Å². The molecular formula is C24H28N6O2. The van der Waals surface area contributed by atoms with E-state index in [0.717, 1.165) is 53.9 Å². The number of piperidine rings is 1. The zero-order chi connectivity index (χ0) is 22.1. The molecule has 1 saturated heterocycles. The first kappa shape index (κ1) is 20.7. The molecule has 8 heteroatoms. The minimum Gasteiger partial charge on any atom is -0.461 e. The first-order chi connectivity index (χ1) is 15.6. The number of ether oxygens (including phenoxy) is 1. The summed E-state index contributed by atoms with van der Waals surface area (Å²) in [5.41, 5.74) is 9.70. The average Bonchev–Trinajstić information content (AvgIpc) is 3.44. The third-order valence-electron chi connectivity index (χ3n) is 6.34. The Balaban J connectivity index is 1.47. The number of likely N-dealkylation sites (tertiary alicyclic amines) is 1. The fraction of sp³-hybridized carbons (Fsp3) is 0.375. The molecule has 1 fully saturated rings. The van der Waals surface area contributed by atoms with Crippen LogP contribution < -0.4 is 5.73 Å².